The molecule has 0 aliphatic carbocycles. The summed E-state index contributed by atoms with van der Waals surface area (Å²) in [7, 11) is 0. The summed E-state index contributed by atoms with van der Waals surface area (Å²) in [6.45, 7) is 9.11. The van der Waals surface area contributed by atoms with Gasteiger partial charge in [0, 0.05) is 29.3 Å². The second kappa shape index (κ2) is 8.50. The Labute approximate surface area is 148 Å². The van der Waals surface area contributed by atoms with Gasteiger partial charge in [0.15, 0.2) is 0 Å². The smallest absolute Gasteiger partial charge is 0.319 e. The number of carbonyl (C=O) groups is 3. The van der Waals surface area contributed by atoms with E-state index in [1.165, 1.54) is 0 Å². The normalized spacial score (nSPS) is 11.1. The Morgan fingerprint density at radius 1 is 1.20 bits per heavy atom. The number of benzene rings is 1. The largest absolute Gasteiger partial charge is 0.481 e. The Hall–Kier alpha value is -2.57. The second-order valence-corrected chi connectivity index (χ2v) is 7.01. The van der Waals surface area contributed by atoms with Gasteiger partial charge in [-0.3, -0.25) is 9.59 Å². The van der Waals surface area contributed by atoms with Crippen molar-refractivity contribution in [2.24, 2.45) is 0 Å². The summed E-state index contributed by atoms with van der Waals surface area (Å²) in [5.41, 5.74) is 1.23. The molecular weight excluding hydrogens is 322 g/mol. The van der Waals surface area contributed by atoms with E-state index < -0.39 is 17.5 Å². The van der Waals surface area contributed by atoms with Crippen molar-refractivity contribution >= 4 is 23.6 Å². The van der Waals surface area contributed by atoms with Crippen LogP contribution in [0.25, 0.3) is 0 Å². The molecule has 0 spiro atoms. The Kier molecular flexibility index (Phi) is 6.97. The van der Waals surface area contributed by atoms with Gasteiger partial charge in [-0.15, -0.1) is 0 Å². The molecule has 0 radical (unpaired) electrons. The van der Waals surface area contributed by atoms with Crippen molar-refractivity contribution in [1.29, 1.82) is 0 Å². The number of aryl methyl sites for hydroxylation is 1. The average Bonchev–Trinajstić information content (AvgIpc) is 2.46. The lowest BCUT2D eigenvalue weighted by Crippen LogP contribution is -2.45. The van der Waals surface area contributed by atoms with E-state index >= 15 is 0 Å². The molecule has 0 aromatic heterocycles. The molecule has 1 rings (SSSR count). The topological polar surface area (TPSA) is 108 Å². The summed E-state index contributed by atoms with van der Waals surface area (Å²) in [4.78, 5) is 34.8. The number of carboxylic acid groups (broad SMARTS) is 1. The number of hydrogen-bond acceptors (Lipinski definition) is 3. The van der Waals surface area contributed by atoms with E-state index in [4.69, 9.17) is 5.11 Å². The van der Waals surface area contributed by atoms with Gasteiger partial charge in [-0.1, -0.05) is 0 Å². The number of hydrogen-bond donors (Lipinski definition) is 4. The zero-order chi connectivity index (χ0) is 19.2. The third-order valence-electron chi connectivity index (χ3n) is 3.57. The van der Waals surface area contributed by atoms with Crippen LogP contribution in [0.3, 0.4) is 0 Å². The second-order valence-electron chi connectivity index (χ2n) is 7.01. The molecule has 4 N–H and O–H groups in total. The number of urea groups is 1. The molecular formula is C18H27N3O4. The van der Waals surface area contributed by atoms with Gasteiger partial charge in [0.2, 0.25) is 0 Å². The number of nitrogens with one attached hydrogen (secondary N) is 3. The number of carboxylic acids is 1. The van der Waals surface area contributed by atoms with Crippen LogP contribution in [0.15, 0.2) is 18.2 Å². The molecule has 0 bridgehead atoms. The minimum atomic E-state index is -0.901. The Morgan fingerprint density at radius 3 is 2.36 bits per heavy atom. The van der Waals surface area contributed by atoms with Crippen LogP contribution in [-0.4, -0.2) is 34.6 Å². The first-order valence-corrected chi connectivity index (χ1v) is 8.22. The Morgan fingerprint density at radius 2 is 1.84 bits per heavy atom. The first-order chi connectivity index (χ1) is 11.5. The lowest BCUT2D eigenvalue weighted by Gasteiger charge is -2.26. The molecule has 7 nitrogen and oxygen atoms in total. The van der Waals surface area contributed by atoms with Crippen LogP contribution in [0.4, 0.5) is 10.5 Å². The van der Waals surface area contributed by atoms with E-state index in [0.717, 1.165) is 5.56 Å². The molecule has 1 aromatic rings. The van der Waals surface area contributed by atoms with Crippen LogP contribution in [0.5, 0.6) is 0 Å². The summed E-state index contributed by atoms with van der Waals surface area (Å²) in [5.74, 6) is -1.06. The van der Waals surface area contributed by atoms with Gasteiger partial charge >= 0.3 is 12.0 Å². The standard InChI is InChI=1S/C18H27N3O4/c1-11(2)19-16(24)13-6-7-14(12(3)10-13)20-17(25)21-18(4,5)9-8-15(22)23/h6-7,10-11H,8-9H2,1-5H3,(H,19,24)(H,22,23)(H2,20,21,25). The monoisotopic (exact) mass is 349 g/mol. The molecule has 0 heterocycles. The molecule has 0 saturated heterocycles. The molecule has 1 aromatic carbocycles. The predicted molar refractivity (Wildman–Crippen MR) is 96.9 cm³/mol. The van der Waals surface area contributed by atoms with E-state index in [0.29, 0.717) is 17.7 Å². The number of carbonyl (C=O) groups excluding carboxylic acids is 2. The van der Waals surface area contributed by atoms with Crippen LogP contribution < -0.4 is 16.0 Å². The molecule has 0 aliphatic heterocycles. The van der Waals surface area contributed by atoms with Crippen molar-refractivity contribution in [3.05, 3.63) is 29.3 Å². The molecule has 0 unspecified atom stereocenters. The zero-order valence-electron chi connectivity index (χ0n) is 15.4. The average molecular weight is 349 g/mol. The van der Waals surface area contributed by atoms with Gasteiger partial charge in [0.25, 0.3) is 5.91 Å². The van der Waals surface area contributed by atoms with Crippen molar-refractivity contribution < 1.29 is 19.5 Å². The number of anilines is 1. The molecule has 138 valence electrons. The summed E-state index contributed by atoms with van der Waals surface area (Å²) < 4.78 is 0. The van der Waals surface area contributed by atoms with Gasteiger partial charge in [-0.05, 0) is 64.8 Å². The highest BCUT2D eigenvalue weighted by molar-refractivity contribution is 5.96. The van der Waals surface area contributed by atoms with Gasteiger partial charge in [-0.25, -0.2) is 4.79 Å². The molecule has 0 fully saturated rings. The first kappa shape index (κ1) is 20.5. The van der Waals surface area contributed by atoms with Crippen LogP contribution in [0, 0.1) is 6.92 Å². The lowest BCUT2D eigenvalue weighted by atomic mass is 9.99. The third-order valence-corrected chi connectivity index (χ3v) is 3.57. The van der Waals surface area contributed by atoms with Gasteiger partial charge < -0.3 is 21.1 Å². The molecule has 0 aliphatic rings. The van der Waals surface area contributed by atoms with E-state index in [9.17, 15) is 14.4 Å². The van der Waals surface area contributed by atoms with Crippen LogP contribution in [0.2, 0.25) is 0 Å². The van der Waals surface area contributed by atoms with Crippen LogP contribution >= 0.6 is 0 Å². The van der Waals surface area contributed by atoms with E-state index in [-0.39, 0.29) is 18.4 Å². The SMILES string of the molecule is Cc1cc(C(=O)NC(C)C)ccc1NC(=O)NC(C)(C)CCC(=O)O. The quantitative estimate of drug-likeness (QED) is 0.607. The fourth-order valence-electron chi connectivity index (χ4n) is 2.23. The Balaban J connectivity index is 2.71. The van der Waals surface area contributed by atoms with Crippen molar-refractivity contribution in [3.8, 4) is 0 Å². The zero-order valence-corrected chi connectivity index (χ0v) is 15.4. The maximum Gasteiger partial charge on any atom is 0.319 e. The highest BCUT2D eigenvalue weighted by atomic mass is 16.4. The highest BCUT2D eigenvalue weighted by Crippen LogP contribution is 2.18. The van der Waals surface area contributed by atoms with Gasteiger partial charge in [0.1, 0.15) is 0 Å². The lowest BCUT2D eigenvalue weighted by molar-refractivity contribution is -0.137. The van der Waals surface area contributed by atoms with Crippen molar-refractivity contribution in [2.45, 2.75) is 59.0 Å². The fourth-order valence-corrected chi connectivity index (χ4v) is 2.23. The van der Waals surface area contributed by atoms with E-state index in [1.807, 2.05) is 13.8 Å². The van der Waals surface area contributed by atoms with Gasteiger partial charge in [-0.2, -0.15) is 0 Å². The summed E-state index contributed by atoms with van der Waals surface area (Å²) in [6, 6.07) is 4.66. The van der Waals surface area contributed by atoms with Gasteiger partial charge in [0.05, 0.1) is 0 Å². The molecule has 0 saturated carbocycles. The van der Waals surface area contributed by atoms with Crippen molar-refractivity contribution in [1.82, 2.24) is 10.6 Å². The summed E-state index contributed by atoms with van der Waals surface area (Å²) in [6.07, 6.45) is 0.301. The first-order valence-electron chi connectivity index (χ1n) is 8.22. The number of aliphatic carboxylic acids is 1. The minimum Gasteiger partial charge on any atom is -0.481 e. The van der Waals surface area contributed by atoms with Crippen LogP contribution in [0.1, 0.15) is 56.5 Å². The molecule has 7 heteroatoms. The molecule has 0 atom stereocenters. The van der Waals surface area contributed by atoms with Crippen molar-refractivity contribution in [2.75, 3.05) is 5.32 Å². The number of rotatable bonds is 7. The Bertz CT molecular complexity index is 654. The predicted octanol–water partition coefficient (Wildman–Crippen LogP) is 2.90. The van der Waals surface area contributed by atoms with Crippen molar-refractivity contribution in [3.63, 3.8) is 0 Å². The third kappa shape index (κ3) is 7.24. The fraction of sp³-hybridized carbons (Fsp3) is 0.500. The van der Waals surface area contributed by atoms with E-state index in [1.54, 1.807) is 39.0 Å². The molecule has 25 heavy (non-hydrogen) atoms. The molecule has 3 amide bonds. The maximum atomic E-state index is 12.1. The summed E-state index contributed by atoms with van der Waals surface area (Å²) in [5, 5.41) is 17.1. The summed E-state index contributed by atoms with van der Waals surface area (Å²) >= 11 is 0. The number of amides is 3. The maximum absolute atomic E-state index is 12.1. The minimum absolute atomic E-state index is 0.0219. The van der Waals surface area contributed by atoms with Crippen LogP contribution in [-0.2, 0) is 4.79 Å². The highest BCUT2D eigenvalue weighted by Gasteiger charge is 2.22. The van der Waals surface area contributed by atoms with E-state index in [2.05, 4.69) is 16.0 Å².